The standard InChI is InChI=1S/C20H29ClN6O2.HI/c1-3-22-20(24-14-15(2)27-9-11-28-12-10-27)23-8-7-18-25-19(26-29-18)16-5-4-6-17(21)13-16;/h4-6,13,15H,3,7-12,14H2,1-2H3,(H2,22,23,24);1H. The summed E-state index contributed by atoms with van der Waals surface area (Å²) in [6, 6.07) is 7.79. The van der Waals surface area contributed by atoms with Gasteiger partial charge < -0.3 is 19.9 Å². The van der Waals surface area contributed by atoms with E-state index in [0.29, 0.717) is 35.7 Å². The highest BCUT2D eigenvalue weighted by molar-refractivity contribution is 14.0. The van der Waals surface area contributed by atoms with Crippen LogP contribution in [0.1, 0.15) is 19.7 Å². The zero-order valence-corrected chi connectivity index (χ0v) is 20.5. The molecule has 2 N–H and O–H groups in total. The fraction of sp³-hybridized carbons (Fsp3) is 0.550. The quantitative estimate of drug-likeness (QED) is 0.298. The Labute approximate surface area is 199 Å². The number of nitrogens with zero attached hydrogens (tertiary/aromatic N) is 4. The van der Waals surface area contributed by atoms with Crippen molar-refractivity contribution in [3.63, 3.8) is 0 Å². The van der Waals surface area contributed by atoms with Crippen molar-refractivity contribution in [3.05, 3.63) is 35.2 Å². The predicted molar refractivity (Wildman–Crippen MR) is 130 cm³/mol. The van der Waals surface area contributed by atoms with Gasteiger partial charge in [-0.25, -0.2) is 0 Å². The van der Waals surface area contributed by atoms with E-state index in [0.717, 1.165) is 50.9 Å². The molecule has 1 atom stereocenters. The van der Waals surface area contributed by atoms with Gasteiger partial charge >= 0.3 is 0 Å². The minimum absolute atomic E-state index is 0. The maximum Gasteiger partial charge on any atom is 0.228 e. The molecular weight excluding hydrogens is 519 g/mol. The Kier molecular flexibility index (Phi) is 10.8. The third kappa shape index (κ3) is 7.68. The van der Waals surface area contributed by atoms with Gasteiger partial charge in [0.2, 0.25) is 11.7 Å². The van der Waals surface area contributed by atoms with Crippen LogP contribution in [0, 0.1) is 0 Å². The van der Waals surface area contributed by atoms with Crippen molar-refractivity contribution >= 4 is 41.5 Å². The molecule has 0 amide bonds. The largest absolute Gasteiger partial charge is 0.379 e. The number of hydrogen-bond donors (Lipinski definition) is 2. The molecule has 1 aliphatic rings. The van der Waals surface area contributed by atoms with Crippen molar-refractivity contribution in [3.8, 4) is 11.4 Å². The number of rotatable bonds is 8. The molecule has 1 aromatic carbocycles. The molecule has 8 nitrogen and oxygen atoms in total. The number of nitrogens with one attached hydrogen (secondary N) is 2. The highest BCUT2D eigenvalue weighted by Gasteiger charge is 2.16. The number of halogens is 2. The fourth-order valence-corrected chi connectivity index (χ4v) is 3.28. The van der Waals surface area contributed by atoms with E-state index in [1.807, 2.05) is 24.3 Å². The predicted octanol–water partition coefficient (Wildman–Crippen LogP) is 2.83. The van der Waals surface area contributed by atoms with Gasteiger partial charge in [0.05, 0.1) is 19.8 Å². The topological polar surface area (TPSA) is 87.8 Å². The van der Waals surface area contributed by atoms with Crippen LogP contribution in [-0.4, -0.2) is 73.0 Å². The Bertz CT molecular complexity index is 797. The molecule has 0 spiro atoms. The average molecular weight is 549 g/mol. The Morgan fingerprint density at radius 1 is 1.30 bits per heavy atom. The van der Waals surface area contributed by atoms with E-state index in [4.69, 9.17) is 25.9 Å². The van der Waals surface area contributed by atoms with Crippen molar-refractivity contribution in [1.29, 1.82) is 0 Å². The zero-order valence-electron chi connectivity index (χ0n) is 17.4. The van der Waals surface area contributed by atoms with Gasteiger partial charge in [0.25, 0.3) is 0 Å². The molecule has 1 unspecified atom stereocenters. The molecule has 166 valence electrons. The van der Waals surface area contributed by atoms with Crippen LogP contribution in [-0.2, 0) is 11.2 Å². The first kappa shape index (κ1) is 24.8. The van der Waals surface area contributed by atoms with Gasteiger partial charge in [-0.2, -0.15) is 4.98 Å². The molecule has 1 aliphatic heterocycles. The molecule has 2 aromatic rings. The maximum absolute atomic E-state index is 6.03. The van der Waals surface area contributed by atoms with Gasteiger partial charge in [0.15, 0.2) is 5.96 Å². The second-order valence-electron chi connectivity index (χ2n) is 6.92. The molecule has 0 saturated carbocycles. The van der Waals surface area contributed by atoms with Gasteiger partial charge in [-0.3, -0.25) is 9.89 Å². The average Bonchev–Trinajstić information content (AvgIpc) is 3.21. The van der Waals surface area contributed by atoms with Crippen LogP contribution in [0.5, 0.6) is 0 Å². The van der Waals surface area contributed by atoms with E-state index in [2.05, 4.69) is 39.5 Å². The highest BCUT2D eigenvalue weighted by Crippen LogP contribution is 2.19. The number of guanidine groups is 1. The summed E-state index contributed by atoms with van der Waals surface area (Å²) in [6.07, 6.45) is 0.608. The van der Waals surface area contributed by atoms with Crippen molar-refractivity contribution in [2.24, 2.45) is 4.99 Å². The summed E-state index contributed by atoms with van der Waals surface area (Å²) in [7, 11) is 0. The van der Waals surface area contributed by atoms with Crippen LogP contribution >= 0.6 is 35.6 Å². The van der Waals surface area contributed by atoms with Gasteiger partial charge in [0.1, 0.15) is 0 Å². The lowest BCUT2D eigenvalue weighted by atomic mass is 10.2. The van der Waals surface area contributed by atoms with Crippen molar-refractivity contribution in [2.75, 3.05) is 45.9 Å². The summed E-state index contributed by atoms with van der Waals surface area (Å²) in [6.45, 7) is 9.97. The highest BCUT2D eigenvalue weighted by atomic mass is 127. The van der Waals surface area contributed by atoms with E-state index in [-0.39, 0.29) is 24.0 Å². The molecule has 0 bridgehead atoms. The maximum atomic E-state index is 6.03. The first-order valence-corrected chi connectivity index (χ1v) is 10.5. The molecule has 3 rings (SSSR count). The smallest absolute Gasteiger partial charge is 0.228 e. The van der Waals surface area contributed by atoms with Crippen LogP contribution in [0.15, 0.2) is 33.8 Å². The van der Waals surface area contributed by atoms with Crippen LogP contribution < -0.4 is 10.6 Å². The van der Waals surface area contributed by atoms with E-state index in [9.17, 15) is 0 Å². The summed E-state index contributed by atoms with van der Waals surface area (Å²) in [5.74, 6) is 1.91. The minimum Gasteiger partial charge on any atom is -0.379 e. The van der Waals surface area contributed by atoms with Crippen LogP contribution in [0.3, 0.4) is 0 Å². The normalized spacial score (nSPS) is 16.0. The number of ether oxygens (including phenoxy) is 1. The molecule has 10 heteroatoms. The zero-order chi connectivity index (χ0) is 20.5. The van der Waals surface area contributed by atoms with Gasteiger partial charge in [-0.05, 0) is 26.0 Å². The van der Waals surface area contributed by atoms with Crippen molar-refractivity contribution < 1.29 is 9.26 Å². The van der Waals surface area contributed by atoms with Crippen LogP contribution in [0.4, 0.5) is 0 Å². The van der Waals surface area contributed by atoms with Crippen LogP contribution in [0.2, 0.25) is 5.02 Å². The SMILES string of the molecule is CCNC(=NCC(C)N1CCOCC1)NCCc1nc(-c2cccc(Cl)c2)no1.I. The molecule has 0 aliphatic carbocycles. The Balaban J connectivity index is 0.00000320. The summed E-state index contributed by atoms with van der Waals surface area (Å²) >= 11 is 6.03. The van der Waals surface area contributed by atoms with Crippen molar-refractivity contribution in [2.45, 2.75) is 26.3 Å². The van der Waals surface area contributed by atoms with Gasteiger partial charge in [-0.15, -0.1) is 24.0 Å². The molecule has 30 heavy (non-hydrogen) atoms. The summed E-state index contributed by atoms with van der Waals surface area (Å²) in [4.78, 5) is 11.6. The third-order valence-electron chi connectivity index (χ3n) is 4.71. The summed E-state index contributed by atoms with van der Waals surface area (Å²) in [5.41, 5.74) is 0.840. The lowest BCUT2D eigenvalue weighted by Gasteiger charge is -2.31. The molecule has 2 heterocycles. The van der Waals surface area contributed by atoms with E-state index in [1.165, 1.54) is 0 Å². The second kappa shape index (κ2) is 13.1. The number of hydrogen-bond acceptors (Lipinski definition) is 6. The lowest BCUT2D eigenvalue weighted by Crippen LogP contribution is -2.44. The number of benzene rings is 1. The van der Waals surface area contributed by atoms with Crippen LogP contribution in [0.25, 0.3) is 11.4 Å². The fourth-order valence-electron chi connectivity index (χ4n) is 3.09. The molecular formula is C20H30ClIN6O2. The number of aromatic nitrogens is 2. The summed E-state index contributed by atoms with van der Waals surface area (Å²) < 4.78 is 10.8. The Hall–Kier alpha value is -1.43. The van der Waals surface area contributed by atoms with E-state index in [1.54, 1.807) is 0 Å². The summed E-state index contributed by atoms with van der Waals surface area (Å²) in [5, 5.41) is 11.3. The second-order valence-corrected chi connectivity index (χ2v) is 7.35. The molecule has 0 radical (unpaired) electrons. The molecule has 1 fully saturated rings. The monoisotopic (exact) mass is 548 g/mol. The van der Waals surface area contributed by atoms with E-state index >= 15 is 0 Å². The Morgan fingerprint density at radius 2 is 2.10 bits per heavy atom. The lowest BCUT2D eigenvalue weighted by molar-refractivity contribution is 0.0220. The number of aliphatic imine (C=N–C) groups is 1. The van der Waals surface area contributed by atoms with Gasteiger partial charge in [0, 0.05) is 49.2 Å². The minimum atomic E-state index is 0. The first-order valence-electron chi connectivity index (χ1n) is 10.1. The van der Waals surface area contributed by atoms with Crippen molar-refractivity contribution in [1.82, 2.24) is 25.7 Å². The first-order chi connectivity index (χ1) is 14.2. The van der Waals surface area contributed by atoms with Gasteiger partial charge in [-0.1, -0.05) is 28.9 Å². The molecule has 1 saturated heterocycles. The third-order valence-corrected chi connectivity index (χ3v) is 4.94. The van der Waals surface area contributed by atoms with E-state index < -0.39 is 0 Å². The number of morpholine rings is 1. The Morgan fingerprint density at radius 3 is 2.83 bits per heavy atom. The molecule has 1 aromatic heterocycles.